The largest absolute Gasteiger partial charge is 0.494 e. The van der Waals surface area contributed by atoms with Crippen molar-refractivity contribution in [1.29, 1.82) is 0 Å². The van der Waals surface area contributed by atoms with E-state index in [1.165, 1.54) is 25.3 Å². The number of amides is 1. The molecule has 0 radical (unpaired) electrons. The predicted octanol–water partition coefficient (Wildman–Crippen LogP) is 2.59. The van der Waals surface area contributed by atoms with Crippen LogP contribution in [0, 0.1) is 5.82 Å². The van der Waals surface area contributed by atoms with Gasteiger partial charge in [-0.3, -0.25) is 4.79 Å². The maximum Gasteiger partial charge on any atom is 0.255 e. The lowest BCUT2D eigenvalue weighted by molar-refractivity contribution is 0.102. The lowest BCUT2D eigenvalue weighted by Crippen LogP contribution is -2.13. The smallest absolute Gasteiger partial charge is 0.255 e. The molecule has 110 valence electrons. The van der Waals surface area contributed by atoms with E-state index in [2.05, 4.69) is 5.32 Å². The third-order valence-electron chi connectivity index (χ3n) is 3.03. The van der Waals surface area contributed by atoms with Crippen LogP contribution in [-0.2, 0) is 6.42 Å². The maximum atomic E-state index is 13.3. The number of methoxy groups -OCH3 is 1. The second-order valence-corrected chi connectivity index (χ2v) is 4.54. The van der Waals surface area contributed by atoms with Crippen molar-refractivity contribution in [3.05, 3.63) is 59.4 Å². The first kappa shape index (κ1) is 15.0. The van der Waals surface area contributed by atoms with Crippen LogP contribution in [0.25, 0.3) is 0 Å². The molecule has 0 unspecified atom stereocenters. The van der Waals surface area contributed by atoms with Crippen LogP contribution in [0.4, 0.5) is 10.1 Å². The molecule has 5 heteroatoms. The number of nitrogens with one attached hydrogen (secondary N) is 1. The Morgan fingerprint density at radius 2 is 2.10 bits per heavy atom. The van der Waals surface area contributed by atoms with Gasteiger partial charge in [0.1, 0.15) is 0 Å². The van der Waals surface area contributed by atoms with Crippen molar-refractivity contribution in [1.82, 2.24) is 0 Å². The topological polar surface area (TPSA) is 64.3 Å². The van der Waals surface area contributed by atoms with Crippen LogP contribution in [0.2, 0.25) is 0 Å². The maximum absolute atomic E-state index is 13.3. The molecular weight excluding hydrogens is 271 g/mol. The van der Waals surface area contributed by atoms with Crippen molar-refractivity contribution >= 4 is 11.6 Å². The van der Waals surface area contributed by atoms with Crippen molar-refractivity contribution in [2.75, 3.05) is 19.0 Å². The van der Waals surface area contributed by atoms with E-state index >= 15 is 0 Å². The SMILES string of the molecule is COc1cc(NC(=O)c2cccc(CCN)c2)ccc1F. The molecule has 2 aromatic carbocycles. The Morgan fingerprint density at radius 1 is 1.29 bits per heavy atom. The van der Waals surface area contributed by atoms with Gasteiger partial charge in [-0.1, -0.05) is 12.1 Å². The van der Waals surface area contributed by atoms with Crippen LogP contribution in [-0.4, -0.2) is 19.6 Å². The summed E-state index contributed by atoms with van der Waals surface area (Å²) in [4.78, 5) is 12.2. The van der Waals surface area contributed by atoms with Crippen molar-refractivity contribution in [2.45, 2.75) is 6.42 Å². The molecule has 0 spiro atoms. The van der Waals surface area contributed by atoms with Gasteiger partial charge >= 0.3 is 0 Å². The normalized spacial score (nSPS) is 10.2. The number of benzene rings is 2. The molecule has 1 amide bonds. The van der Waals surface area contributed by atoms with E-state index < -0.39 is 5.82 Å². The van der Waals surface area contributed by atoms with Crippen LogP contribution in [0.15, 0.2) is 42.5 Å². The molecule has 3 N–H and O–H groups in total. The van der Waals surface area contributed by atoms with Gasteiger partial charge in [-0.25, -0.2) is 4.39 Å². The molecule has 0 fully saturated rings. The van der Waals surface area contributed by atoms with Crippen LogP contribution < -0.4 is 15.8 Å². The van der Waals surface area contributed by atoms with Gasteiger partial charge in [0.25, 0.3) is 5.91 Å². The molecule has 2 aromatic rings. The highest BCUT2D eigenvalue weighted by molar-refractivity contribution is 6.04. The summed E-state index contributed by atoms with van der Waals surface area (Å²) in [5.41, 5.74) is 7.51. The molecule has 0 saturated heterocycles. The second kappa shape index (κ2) is 6.85. The number of carbonyl (C=O) groups excluding carboxylic acids is 1. The fourth-order valence-corrected chi connectivity index (χ4v) is 1.98. The van der Waals surface area contributed by atoms with Gasteiger partial charge in [-0.2, -0.15) is 0 Å². The van der Waals surface area contributed by atoms with Crippen molar-refractivity contribution in [3.63, 3.8) is 0 Å². The van der Waals surface area contributed by atoms with Gasteiger partial charge in [0, 0.05) is 17.3 Å². The monoisotopic (exact) mass is 288 g/mol. The number of carbonyl (C=O) groups is 1. The number of rotatable bonds is 5. The molecule has 21 heavy (non-hydrogen) atoms. The molecular formula is C16H17FN2O2. The number of hydrogen-bond donors (Lipinski definition) is 2. The molecule has 0 aliphatic rings. The summed E-state index contributed by atoms with van der Waals surface area (Å²) in [7, 11) is 1.38. The quantitative estimate of drug-likeness (QED) is 0.888. The Morgan fingerprint density at radius 3 is 2.81 bits per heavy atom. The minimum Gasteiger partial charge on any atom is -0.494 e. The first-order valence-corrected chi connectivity index (χ1v) is 6.58. The zero-order chi connectivity index (χ0) is 15.2. The van der Waals surface area contributed by atoms with E-state index in [0.717, 1.165) is 5.56 Å². The Balaban J connectivity index is 2.16. The predicted molar refractivity (Wildman–Crippen MR) is 80.1 cm³/mol. The average Bonchev–Trinajstić information content (AvgIpc) is 2.50. The highest BCUT2D eigenvalue weighted by Gasteiger charge is 2.09. The van der Waals surface area contributed by atoms with E-state index in [4.69, 9.17) is 10.5 Å². The Labute approximate surface area is 122 Å². The van der Waals surface area contributed by atoms with E-state index in [0.29, 0.717) is 24.2 Å². The van der Waals surface area contributed by atoms with Gasteiger partial charge in [0.2, 0.25) is 0 Å². The van der Waals surface area contributed by atoms with E-state index in [1.807, 2.05) is 12.1 Å². The standard InChI is InChI=1S/C16H17FN2O2/c1-21-15-10-13(5-6-14(15)17)19-16(20)12-4-2-3-11(9-12)7-8-18/h2-6,9-10H,7-8,18H2,1H3,(H,19,20). The van der Waals surface area contributed by atoms with Crippen molar-refractivity contribution in [3.8, 4) is 5.75 Å². The van der Waals surface area contributed by atoms with Gasteiger partial charge in [-0.15, -0.1) is 0 Å². The van der Waals surface area contributed by atoms with Crippen LogP contribution in [0.1, 0.15) is 15.9 Å². The van der Waals surface area contributed by atoms with E-state index in [-0.39, 0.29) is 11.7 Å². The molecule has 0 heterocycles. The summed E-state index contributed by atoms with van der Waals surface area (Å²) in [5.74, 6) is -0.646. The molecule has 0 bridgehead atoms. The van der Waals surface area contributed by atoms with Gasteiger partial charge in [-0.05, 0) is 42.8 Å². The zero-order valence-electron chi connectivity index (χ0n) is 11.7. The molecule has 0 saturated carbocycles. The van der Waals surface area contributed by atoms with E-state index in [9.17, 15) is 9.18 Å². The number of ether oxygens (including phenoxy) is 1. The molecule has 0 aromatic heterocycles. The third-order valence-corrected chi connectivity index (χ3v) is 3.03. The Bertz CT molecular complexity index is 644. The summed E-state index contributed by atoms with van der Waals surface area (Å²) >= 11 is 0. The Kier molecular flexibility index (Phi) is 4.90. The Hall–Kier alpha value is -2.40. The van der Waals surface area contributed by atoms with E-state index in [1.54, 1.807) is 12.1 Å². The highest BCUT2D eigenvalue weighted by Crippen LogP contribution is 2.22. The third kappa shape index (κ3) is 3.79. The summed E-state index contributed by atoms with van der Waals surface area (Å²) in [5, 5.41) is 2.71. The minimum absolute atomic E-state index is 0.0877. The van der Waals surface area contributed by atoms with Gasteiger partial charge in [0.15, 0.2) is 11.6 Å². The number of nitrogens with two attached hydrogens (primary N) is 1. The minimum atomic E-state index is -0.472. The van der Waals surface area contributed by atoms with Crippen LogP contribution in [0.5, 0.6) is 5.75 Å². The zero-order valence-corrected chi connectivity index (χ0v) is 11.7. The van der Waals surface area contributed by atoms with Crippen molar-refractivity contribution in [2.24, 2.45) is 5.73 Å². The van der Waals surface area contributed by atoms with Crippen LogP contribution >= 0.6 is 0 Å². The fourth-order valence-electron chi connectivity index (χ4n) is 1.98. The number of hydrogen-bond acceptors (Lipinski definition) is 3. The summed E-state index contributed by atoms with van der Waals surface area (Å²) in [6.07, 6.45) is 0.714. The number of anilines is 1. The lowest BCUT2D eigenvalue weighted by atomic mass is 10.1. The summed E-state index contributed by atoms with van der Waals surface area (Å²) in [6.45, 7) is 0.528. The molecule has 0 atom stereocenters. The number of halogens is 1. The van der Waals surface area contributed by atoms with Gasteiger partial charge in [0.05, 0.1) is 7.11 Å². The molecule has 0 aliphatic heterocycles. The average molecular weight is 288 g/mol. The molecule has 4 nitrogen and oxygen atoms in total. The molecule has 2 rings (SSSR count). The summed E-state index contributed by atoms with van der Waals surface area (Å²) < 4.78 is 18.2. The second-order valence-electron chi connectivity index (χ2n) is 4.54. The van der Waals surface area contributed by atoms with Crippen molar-refractivity contribution < 1.29 is 13.9 Å². The van der Waals surface area contributed by atoms with Gasteiger partial charge < -0.3 is 15.8 Å². The lowest BCUT2D eigenvalue weighted by Gasteiger charge is -2.09. The molecule has 0 aliphatic carbocycles. The fraction of sp³-hybridized carbons (Fsp3) is 0.188. The first-order valence-electron chi connectivity index (χ1n) is 6.58. The summed E-state index contributed by atoms with van der Waals surface area (Å²) in [6, 6.07) is 11.4. The highest BCUT2D eigenvalue weighted by atomic mass is 19.1. The van der Waals surface area contributed by atoms with Crippen LogP contribution in [0.3, 0.4) is 0 Å². The first-order chi connectivity index (χ1) is 10.1.